The first kappa shape index (κ1) is 22.0. The first-order valence-electron chi connectivity index (χ1n) is 8.69. The second kappa shape index (κ2) is 7.73. The number of fused-ring (bicyclic) bond motifs is 2. The minimum atomic E-state index is -4.41. The fourth-order valence-electron chi connectivity index (χ4n) is 3.20. The van der Waals surface area contributed by atoms with Gasteiger partial charge in [0.25, 0.3) is 21.0 Å². The number of aryl methyl sites for hydroxylation is 1. The Hall–Kier alpha value is -2.22. The van der Waals surface area contributed by atoms with Crippen LogP contribution >= 0.6 is 22.9 Å². The number of rotatable bonds is 5. The van der Waals surface area contributed by atoms with Gasteiger partial charge < -0.3 is 4.74 Å². The molecule has 2 aromatic carbocycles. The molecule has 0 spiro atoms. The van der Waals surface area contributed by atoms with E-state index < -0.39 is 32.0 Å². The summed E-state index contributed by atoms with van der Waals surface area (Å²) in [4.78, 5) is 1.27. The molecule has 0 bridgehead atoms. The summed E-state index contributed by atoms with van der Waals surface area (Å²) in [5.74, 6) is -1.05. The van der Waals surface area contributed by atoms with E-state index in [1.165, 1.54) is 26.9 Å². The van der Waals surface area contributed by atoms with Crippen molar-refractivity contribution in [2.45, 2.75) is 12.8 Å². The van der Waals surface area contributed by atoms with Crippen molar-refractivity contribution in [1.82, 2.24) is 0 Å². The molecule has 0 fully saturated rings. The van der Waals surface area contributed by atoms with Crippen LogP contribution in [0.4, 0.5) is 5.69 Å². The number of ether oxygens (including phenoxy) is 1. The highest BCUT2D eigenvalue weighted by atomic mass is 35.5. The van der Waals surface area contributed by atoms with Crippen LogP contribution in [0, 0.1) is 6.92 Å². The number of nitrogens with zero attached hydrogens (tertiary/aromatic N) is 2. The molecule has 0 radical (unpaired) electrons. The van der Waals surface area contributed by atoms with E-state index in [1.807, 2.05) is 6.92 Å². The highest BCUT2D eigenvalue weighted by Gasteiger charge is 2.32. The van der Waals surface area contributed by atoms with Gasteiger partial charge in [-0.2, -0.15) is 21.4 Å². The fourth-order valence-corrected chi connectivity index (χ4v) is 5.71. The maximum Gasteiger partial charge on any atom is 0.326 e. The van der Waals surface area contributed by atoms with Crippen LogP contribution in [0.1, 0.15) is 10.6 Å². The second-order valence-corrected chi connectivity index (χ2v) is 11.2. The van der Waals surface area contributed by atoms with Gasteiger partial charge in [-0.25, -0.2) is 0 Å². The minimum Gasteiger partial charge on any atom is -0.438 e. The molecular formula is C18H16ClN2O7S3+. The zero-order valence-electron chi connectivity index (χ0n) is 15.9. The van der Waals surface area contributed by atoms with Gasteiger partial charge in [-0.1, -0.05) is 29.0 Å². The summed E-state index contributed by atoms with van der Waals surface area (Å²) in [5, 5.41) is 0.733. The third-order valence-corrected chi connectivity index (χ3v) is 6.93. The number of thiazole rings is 1. The Morgan fingerprint density at radius 2 is 1.87 bits per heavy atom. The lowest BCUT2D eigenvalue weighted by atomic mass is 10.2. The summed E-state index contributed by atoms with van der Waals surface area (Å²) in [6, 6.07) is 10.1. The SMILES string of the molecule is Cc1ccc2c(c1)N(CS(=O)(=O)O)/C(=C/c1sc3ccc(Cl)cc3[n+]1CS(=O)(=O)O)O2. The Kier molecular flexibility index (Phi) is 5.48. The molecule has 1 aliphatic rings. The Balaban J connectivity index is 1.89. The van der Waals surface area contributed by atoms with Gasteiger partial charge in [-0.15, -0.1) is 0 Å². The van der Waals surface area contributed by atoms with Gasteiger partial charge in [-0.3, -0.25) is 14.0 Å². The summed E-state index contributed by atoms with van der Waals surface area (Å²) < 4.78 is 73.1. The highest BCUT2D eigenvalue weighted by Crippen LogP contribution is 2.40. The Labute approximate surface area is 187 Å². The Morgan fingerprint density at radius 1 is 1.13 bits per heavy atom. The van der Waals surface area contributed by atoms with Crippen molar-refractivity contribution in [3.63, 3.8) is 0 Å². The topological polar surface area (TPSA) is 125 Å². The minimum absolute atomic E-state index is 0.0694. The molecule has 2 heterocycles. The van der Waals surface area contributed by atoms with Crippen molar-refractivity contribution in [3.05, 3.63) is 57.9 Å². The van der Waals surface area contributed by atoms with Crippen molar-refractivity contribution in [2.75, 3.05) is 10.8 Å². The zero-order valence-corrected chi connectivity index (χ0v) is 19.1. The third-order valence-electron chi connectivity index (χ3n) is 4.41. The van der Waals surface area contributed by atoms with E-state index in [-0.39, 0.29) is 5.88 Å². The highest BCUT2D eigenvalue weighted by molar-refractivity contribution is 7.85. The van der Waals surface area contributed by atoms with E-state index >= 15 is 0 Å². The number of anilines is 1. The van der Waals surface area contributed by atoms with Crippen LogP contribution in [0.5, 0.6) is 5.75 Å². The predicted molar refractivity (Wildman–Crippen MR) is 117 cm³/mol. The van der Waals surface area contributed by atoms with Gasteiger partial charge in [0.2, 0.25) is 11.4 Å². The van der Waals surface area contributed by atoms with Crippen LogP contribution in [0.25, 0.3) is 16.3 Å². The molecule has 0 atom stereocenters. The maximum atomic E-state index is 11.6. The summed E-state index contributed by atoms with van der Waals surface area (Å²) in [5.41, 5.74) is 1.76. The molecule has 0 aliphatic carbocycles. The van der Waals surface area contributed by atoms with Crippen LogP contribution in [-0.2, 0) is 26.1 Å². The van der Waals surface area contributed by atoms with Gasteiger partial charge in [0.1, 0.15) is 4.70 Å². The molecule has 0 saturated carbocycles. The monoisotopic (exact) mass is 503 g/mol. The standard InChI is InChI=1S/C18H15ClN2O7S3/c1-11-2-4-15-13(6-11)20(9-30(22,23)24)17(28-15)8-18-21(10-31(25,26)27)14-7-12(19)3-5-16(14)29-18/h2-8H,9-10H2,1H3,(H-,22,23,24,25,26,27)/p+1. The second-order valence-electron chi connectivity index (χ2n) is 6.89. The molecule has 164 valence electrons. The van der Waals surface area contributed by atoms with Crippen molar-refractivity contribution < 1.29 is 35.2 Å². The molecule has 2 N–H and O–H groups in total. The van der Waals surface area contributed by atoms with E-state index in [1.54, 1.807) is 36.4 Å². The number of aromatic nitrogens is 1. The summed E-state index contributed by atoms with van der Waals surface area (Å²) in [6.07, 6.45) is 1.45. The average Bonchev–Trinajstić information content (AvgIpc) is 3.11. The number of halogens is 1. The zero-order chi connectivity index (χ0) is 22.6. The largest absolute Gasteiger partial charge is 0.438 e. The molecule has 3 aromatic rings. The molecule has 1 aromatic heterocycles. The molecule has 31 heavy (non-hydrogen) atoms. The average molecular weight is 504 g/mol. The number of hydrogen-bond donors (Lipinski definition) is 2. The quantitative estimate of drug-likeness (QED) is 0.402. The number of hydrogen-bond acceptors (Lipinski definition) is 7. The number of benzene rings is 2. The van der Waals surface area contributed by atoms with Crippen LogP contribution in [0.15, 0.2) is 42.3 Å². The van der Waals surface area contributed by atoms with Crippen LogP contribution < -0.4 is 14.2 Å². The first-order valence-corrected chi connectivity index (χ1v) is 13.1. The van der Waals surface area contributed by atoms with E-state index in [4.69, 9.17) is 16.3 Å². The summed E-state index contributed by atoms with van der Waals surface area (Å²) in [7, 11) is -8.81. The third kappa shape index (κ3) is 4.84. The molecule has 4 rings (SSSR count). The van der Waals surface area contributed by atoms with E-state index in [0.29, 0.717) is 31.7 Å². The lowest BCUT2D eigenvalue weighted by molar-refractivity contribution is -0.649. The summed E-state index contributed by atoms with van der Waals surface area (Å²) >= 11 is 7.25. The predicted octanol–water partition coefficient (Wildman–Crippen LogP) is 3.04. The van der Waals surface area contributed by atoms with E-state index in [2.05, 4.69) is 0 Å². The van der Waals surface area contributed by atoms with Crippen molar-refractivity contribution in [3.8, 4) is 5.75 Å². The van der Waals surface area contributed by atoms with E-state index in [9.17, 15) is 25.9 Å². The van der Waals surface area contributed by atoms with E-state index in [0.717, 1.165) is 5.56 Å². The normalized spacial score (nSPS) is 15.5. The molecular weight excluding hydrogens is 488 g/mol. The lowest BCUT2D eigenvalue weighted by Crippen LogP contribution is -2.39. The maximum absolute atomic E-state index is 11.6. The van der Waals surface area contributed by atoms with Crippen LogP contribution in [-0.4, -0.2) is 31.8 Å². The lowest BCUT2D eigenvalue weighted by Gasteiger charge is -2.16. The van der Waals surface area contributed by atoms with Crippen LogP contribution in [0.3, 0.4) is 0 Å². The van der Waals surface area contributed by atoms with Crippen LogP contribution in [0.2, 0.25) is 5.02 Å². The molecule has 1 aliphatic heterocycles. The first-order chi connectivity index (χ1) is 14.4. The van der Waals surface area contributed by atoms with Gasteiger partial charge in [0.15, 0.2) is 11.6 Å². The van der Waals surface area contributed by atoms with Crippen molar-refractivity contribution in [2.24, 2.45) is 0 Å². The smallest absolute Gasteiger partial charge is 0.326 e. The van der Waals surface area contributed by atoms with Gasteiger partial charge in [0, 0.05) is 11.1 Å². The van der Waals surface area contributed by atoms with Gasteiger partial charge in [0.05, 0.1) is 11.8 Å². The van der Waals surface area contributed by atoms with Gasteiger partial charge in [-0.05, 0) is 36.8 Å². The molecule has 0 saturated heterocycles. The Bertz CT molecular complexity index is 1450. The van der Waals surface area contributed by atoms with Crippen molar-refractivity contribution >= 4 is 65.2 Å². The molecule has 13 heteroatoms. The molecule has 0 amide bonds. The molecule has 0 unspecified atom stereocenters. The van der Waals surface area contributed by atoms with Crippen molar-refractivity contribution in [1.29, 1.82) is 0 Å². The fraction of sp³-hybridized carbons (Fsp3) is 0.167. The van der Waals surface area contributed by atoms with Gasteiger partial charge >= 0.3 is 10.1 Å². The molecule has 9 nitrogen and oxygen atoms in total. The summed E-state index contributed by atoms with van der Waals surface area (Å²) in [6.45, 7) is 1.82. The Morgan fingerprint density at radius 3 is 2.55 bits per heavy atom.